The van der Waals surface area contributed by atoms with E-state index in [2.05, 4.69) is 5.32 Å². The third kappa shape index (κ3) is 8.26. The Kier molecular flexibility index (Phi) is 7.74. The third-order valence-electron chi connectivity index (χ3n) is 2.49. The van der Waals surface area contributed by atoms with Gasteiger partial charge in [0.25, 0.3) is 0 Å². The molecule has 1 rings (SSSR count). The van der Waals surface area contributed by atoms with Crippen LogP contribution in [0.15, 0.2) is 30.3 Å². The number of thioether (sulfide) groups is 1. The minimum absolute atomic E-state index is 0.0205. The summed E-state index contributed by atoms with van der Waals surface area (Å²) in [5.74, 6) is 0.518. The van der Waals surface area contributed by atoms with Crippen molar-refractivity contribution in [3.63, 3.8) is 0 Å². The lowest BCUT2D eigenvalue weighted by Gasteiger charge is -2.05. The molecule has 0 saturated heterocycles. The van der Waals surface area contributed by atoms with Gasteiger partial charge in [-0.05, 0) is 24.2 Å². The normalized spacial score (nSPS) is 10.1. The van der Waals surface area contributed by atoms with E-state index in [9.17, 15) is 9.59 Å². The van der Waals surface area contributed by atoms with Crippen LogP contribution in [-0.4, -0.2) is 28.5 Å². The first kappa shape index (κ1) is 15.6. The zero-order valence-corrected chi connectivity index (χ0v) is 11.6. The molecule has 0 aliphatic carbocycles. The van der Waals surface area contributed by atoms with Crippen molar-refractivity contribution in [3.05, 3.63) is 35.9 Å². The summed E-state index contributed by atoms with van der Waals surface area (Å²) in [6.45, 7) is 0.555. The van der Waals surface area contributed by atoms with Crippen molar-refractivity contribution < 1.29 is 14.7 Å². The molecule has 0 spiro atoms. The molecule has 0 radical (unpaired) electrons. The van der Waals surface area contributed by atoms with Gasteiger partial charge in [-0.15, -0.1) is 0 Å². The Labute approximate surface area is 117 Å². The maximum Gasteiger partial charge on any atom is 0.303 e. The van der Waals surface area contributed by atoms with Gasteiger partial charge in [-0.25, -0.2) is 0 Å². The molecule has 0 aliphatic heterocycles. The molecule has 0 aliphatic rings. The van der Waals surface area contributed by atoms with E-state index in [-0.39, 0.29) is 12.3 Å². The third-order valence-corrected chi connectivity index (χ3v) is 3.54. The van der Waals surface area contributed by atoms with Crippen LogP contribution < -0.4 is 5.32 Å². The van der Waals surface area contributed by atoms with E-state index in [1.807, 2.05) is 30.3 Å². The number of benzene rings is 1. The number of rotatable bonds is 9. The Bertz CT molecular complexity index is 395. The van der Waals surface area contributed by atoms with Gasteiger partial charge in [0.05, 0.1) is 5.75 Å². The fraction of sp³-hybridized carbons (Fsp3) is 0.429. The first-order valence-corrected chi connectivity index (χ1v) is 7.44. The summed E-state index contributed by atoms with van der Waals surface area (Å²) < 4.78 is 0. The molecule has 0 heterocycles. The van der Waals surface area contributed by atoms with Crippen LogP contribution in [-0.2, 0) is 16.1 Å². The Morgan fingerprint density at radius 3 is 2.58 bits per heavy atom. The predicted octanol–water partition coefficient (Wildman–Crippen LogP) is 2.29. The summed E-state index contributed by atoms with van der Waals surface area (Å²) in [7, 11) is 0. The largest absolute Gasteiger partial charge is 0.481 e. The number of unbranched alkanes of at least 4 members (excludes halogenated alkanes) is 1. The van der Waals surface area contributed by atoms with E-state index in [1.165, 1.54) is 0 Å². The maximum absolute atomic E-state index is 11.5. The van der Waals surface area contributed by atoms with Gasteiger partial charge in [-0.2, -0.15) is 11.8 Å². The van der Waals surface area contributed by atoms with E-state index < -0.39 is 5.97 Å². The maximum atomic E-state index is 11.5. The molecule has 0 fully saturated rings. The van der Waals surface area contributed by atoms with Crippen LogP contribution >= 0.6 is 11.8 Å². The molecule has 4 nitrogen and oxygen atoms in total. The minimum Gasteiger partial charge on any atom is -0.481 e. The van der Waals surface area contributed by atoms with Crippen LogP contribution in [0.3, 0.4) is 0 Å². The van der Waals surface area contributed by atoms with Gasteiger partial charge in [0.15, 0.2) is 0 Å². The number of hydrogen-bond donors (Lipinski definition) is 2. The van der Waals surface area contributed by atoms with Gasteiger partial charge in [-0.3, -0.25) is 9.59 Å². The van der Waals surface area contributed by atoms with Crippen molar-refractivity contribution >= 4 is 23.6 Å². The van der Waals surface area contributed by atoms with Gasteiger partial charge < -0.3 is 10.4 Å². The molecule has 0 aromatic heterocycles. The molecule has 0 bridgehead atoms. The standard InChI is InChI=1S/C14H19NO3S/c16-13(11-19-9-5-4-8-14(17)18)15-10-12-6-2-1-3-7-12/h1-3,6-7H,4-5,8-11H2,(H,15,16)(H,17,18). The van der Waals surface area contributed by atoms with Crippen LogP contribution in [0.1, 0.15) is 24.8 Å². The van der Waals surface area contributed by atoms with Gasteiger partial charge in [0.1, 0.15) is 0 Å². The zero-order chi connectivity index (χ0) is 13.9. The molecule has 1 amide bonds. The second-order valence-corrected chi connectivity index (χ2v) is 5.27. The van der Waals surface area contributed by atoms with Crippen LogP contribution in [0, 0.1) is 0 Å². The summed E-state index contributed by atoms with van der Waals surface area (Å²) in [6.07, 6.45) is 1.72. The van der Waals surface area contributed by atoms with Crippen LogP contribution in [0.4, 0.5) is 0 Å². The average molecular weight is 281 g/mol. The fourth-order valence-electron chi connectivity index (χ4n) is 1.49. The van der Waals surface area contributed by atoms with Gasteiger partial charge >= 0.3 is 5.97 Å². The Hall–Kier alpha value is -1.49. The Morgan fingerprint density at radius 1 is 1.16 bits per heavy atom. The molecular weight excluding hydrogens is 262 g/mol. The lowest BCUT2D eigenvalue weighted by molar-refractivity contribution is -0.137. The SMILES string of the molecule is O=C(O)CCCCSCC(=O)NCc1ccccc1. The highest BCUT2D eigenvalue weighted by atomic mass is 32.2. The van der Waals surface area contributed by atoms with E-state index in [0.29, 0.717) is 18.7 Å². The molecule has 19 heavy (non-hydrogen) atoms. The molecule has 1 aromatic carbocycles. The lowest BCUT2D eigenvalue weighted by Crippen LogP contribution is -2.24. The summed E-state index contributed by atoms with van der Waals surface area (Å²) >= 11 is 1.54. The molecule has 104 valence electrons. The number of carbonyl (C=O) groups excluding carboxylic acids is 1. The first-order chi connectivity index (χ1) is 9.18. The second kappa shape index (κ2) is 9.44. The first-order valence-electron chi connectivity index (χ1n) is 6.28. The van der Waals surface area contributed by atoms with Gasteiger partial charge in [0, 0.05) is 13.0 Å². The fourth-order valence-corrected chi connectivity index (χ4v) is 2.33. The van der Waals surface area contributed by atoms with Crippen molar-refractivity contribution in [2.75, 3.05) is 11.5 Å². The molecule has 0 saturated carbocycles. The summed E-state index contributed by atoms with van der Waals surface area (Å²) in [5.41, 5.74) is 1.09. The minimum atomic E-state index is -0.759. The van der Waals surface area contributed by atoms with Gasteiger partial charge in [0.2, 0.25) is 5.91 Å². The lowest BCUT2D eigenvalue weighted by atomic mass is 10.2. The number of carboxylic acids is 1. The number of carboxylic acid groups (broad SMARTS) is 1. The van der Waals surface area contributed by atoms with Crippen molar-refractivity contribution in [3.8, 4) is 0 Å². The molecule has 5 heteroatoms. The molecular formula is C14H19NO3S. The van der Waals surface area contributed by atoms with E-state index >= 15 is 0 Å². The highest BCUT2D eigenvalue weighted by Gasteiger charge is 2.02. The highest BCUT2D eigenvalue weighted by molar-refractivity contribution is 7.99. The average Bonchev–Trinajstić information content (AvgIpc) is 2.41. The topological polar surface area (TPSA) is 66.4 Å². The van der Waals surface area contributed by atoms with Crippen molar-refractivity contribution in [2.24, 2.45) is 0 Å². The summed E-state index contributed by atoms with van der Waals surface area (Å²) in [5, 5.41) is 11.3. The molecule has 0 unspecified atom stereocenters. The van der Waals surface area contributed by atoms with Crippen LogP contribution in [0.5, 0.6) is 0 Å². The summed E-state index contributed by atoms with van der Waals surface area (Å²) in [4.78, 5) is 21.8. The van der Waals surface area contributed by atoms with Crippen LogP contribution in [0.2, 0.25) is 0 Å². The van der Waals surface area contributed by atoms with E-state index in [4.69, 9.17) is 5.11 Å². The van der Waals surface area contributed by atoms with Gasteiger partial charge in [-0.1, -0.05) is 30.3 Å². The number of hydrogen-bond acceptors (Lipinski definition) is 3. The number of amides is 1. The van der Waals surface area contributed by atoms with Crippen molar-refractivity contribution in [1.29, 1.82) is 0 Å². The monoisotopic (exact) mass is 281 g/mol. The number of aliphatic carboxylic acids is 1. The van der Waals surface area contributed by atoms with Crippen LogP contribution in [0.25, 0.3) is 0 Å². The van der Waals surface area contributed by atoms with Crippen molar-refractivity contribution in [2.45, 2.75) is 25.8 Å². The quantitative estimate of drug-likeness (QED) is 0.682. The van der Waals surface area contributed by atoms with E-state index in [1.54, 1.807) is 11.8 Å². The zero-order valence-electron chi connectivity index (χ0n) is 10.8. The molecule has 0 atom stereocenters. The Morgan fingerprint density at radius 2 is 1.89 bits per heavy atom. The molecule has 1 aromatic rings. The van der Waals surface area contributed by atoms with E-state index in [0.717, 1.165) is 17.7 Å². The highest BCUT2D eigenvalue weighted by Crippen LogP contribution is 2.06. The number of carbonyl (C=O) groups is 2. The predicted molar refractivity (Wildman–Crippen MR) is 77.1 cm³/mol. The van der Waals surface area contributed by atoms with Crippen molar-refractivity contribution in [1.82, 2.24) is 5.32 Å². The number of nitrogens with one attached hydrogen (secondary N) is 1. The second-order valence-electron chi connectivity index (χ2n) is 4.17. The molecule has 2 N–H and O–H groups in total. The smallest absolute Gasteiger partial charge is 0.303 e. The summed E-state index contributed by atoms with van der Waals surface area (Å²) in [6, 6.07) is 9.77. The Balaban J connectivity index is 2.01.